The zero-order valence-electron chi connectivity index (χ0n) is 14.4. The van der Waals surface area contributed by atoms with Crippen molar-refractivity contribution in [2.75, 3.05) is 0 Å². The number of fused-ring (bicyclic) bond motifs is 1. The highest BCUT2D eigenvalue weighted by Crippen LogP contribution is 2.22. The van der Waals surface area contributed by atoms with Gasteiger partial charge < -0.3 is 8.83 Å². The zero-order valence-corrected chi connectivity index (χ0v) is 14.4. The molecule has 0 amide bonds. The predicted molar refractivity (Wildman–Crippen MR) is 100 cm³/mol. The third-order valence-electron chi connectivity index (χ3n) is 4.24. The number of benzene rings is 2. The molecule has 0 saturated carbocycles. The van der Waals surface area contributed by atoms with Crippen LogP contribution in [-0.2, 0) is 0 Å². The zero-order chi connectivity index (χ0) is 19.1. The van der Waals surface area contributed by atoms with Gasteiger partial charge in [0.15, 0.2) is 11.5 Å². The molecule has 8 heteroatoms. The fourth-order valence-corrected chi connectivity index (χ4v) is 2.89. The van der Waals surface area contributed by atoms with Crippen LogP contribution >= 0.6 is 0 Å². The van der Waals surface area contributed by atoms with Crippen LogP contribution in [0.15, 0.2) is 91.5 Å². The number of rotatable bonds is 3. The molecule has 0 unspecified atom stereocenters. The van der Waals surface area contributed by atoms with Crippen LogP contribution in [0, 0.1) is 0 Å². The Morgan fingerprint density at radius 1 is 0.786 bits per heavy atom. The number of nitrogens with zero attached hydrogens (tertiary/aromatic N) is 4. The average Bonchev–Trinajstić information content (AvgIpc) is 3.37. The molecular weight excluding hydrogens is 360 g/mol. The van der Waals surface area contributed by atoms with Crippen LogP contribution in [-0.4, -0.2) is 18.9 Å². The SMILES string of the molecule is O=c1nc2oc(-c3ccccc3)cn2c(=O)n1-c1ncc(-c2ccccc2)o1. The van der Waals surface area contributed by atoms with Gasteiger partial charge in [-0.2, -0.15) is 4.57 Å². The molecule has 0 bridgehead atoms. The van der Waals surface area contributed by atoms with Crippen molar-refractivity contribution in [3.63, 3.8) is 0 Å². The van der Waals surface area contributed by atoms with Crippen molar-refractivity contribution in [1.82, 2.24) is 18.9 Å². The Balaban J connectivity index is 1.66. The van der Waals surface area contributed by atoms with Gasteiger partial charge in [0.2, 0.25) is 0 Å². The minimum absolute atomic E-state index is 0.0973. The number of aromatic nitrogens is 4. The highest BCUT2D eigenvalue weighted by atomic mass is 16.4. The second-order valence-electron chi connectivity index (χ2n) is 6.00. The van der Waals surface area contributed by atoms with E-state index in [4.69, 9.17) is 8.83 Å². The van der Waals surface area contributed by atoms with Crippen molar-refractivity contribution in [3.8, 4) is 28.7 Å². The van der Waals surface area contributed by atoms with E-state index in [0.717, 1.165) is 20.1 Å². The number of oxazole rings is 2. The van der Waals surface area contributed by atoms with E-state index < -0.39 is 11.4 Å². The first kappa shape index (κ1) is 16.0. The molecule has 3 heterocycles. The molecule has 0 saturated heterocycles. The Hall–Kier alpha value is -4.20. The van der Waals surface area contributed by atoms with Crippen molar-refractivity contribution in [3.05, 3.63) is 94.0 Å². The third-order valence-corrected chi connectivity index (χ3v) is 4.24. The fraction of sp³-hybridized carbons (Fsp3) is 0. The van der Waals surface area contributed by atoms with E-state index in [-0.39, 0.29) is 11.9 Å². The molecule has 0 radical (unpaired) electrons. The van der Waals surface area contributed by atoms with E-state index in [1.54, 1.807) is 0 Å². The van der Waals surface area contributed by atoms with E-state index in [1.807, 2.05) is 60.7 Å². The van der Waals surface area contributed by atoms with Crippen molar-refractivity contribution >= 4 is 5.84 Å². The Morgan fingerprint density at radius 3 is 2.11 bits per heavy atom. The Kier molecular flexibility index (Phi) is 3.55. The van der Waals surface area contributed by atoms with Crippen LogP contribution in [0.2, 0.25) is 0 Å². The third kappa shape index (κ3) is 2.55. The molecule has 5 rings (SSSR count). The van der Waals surface area contributed by atoms with Gasteiger partial charge in [0.25, 0.3) is 0 Å². The van der Waals surface area contributed by atoms with Crippen molar-refractivity contribution < 1.29 is 8.83 Å². The lowest BCUT2D eigenvalue weighted by Crippen LogP contribution is -2.37. The van der Waals surface area contributed by atoms with Crippen molar-refractivity contribution in [2.45, 2.75) is 0 Å². The fourth-order valence-electron chi connectivity index (χ4n) is 2.89. The van der Waals surface area contributed by atoms with Crippen LogP contribution in [0.5, 0.6) is 0 Å². The van der Waals surface area contributed by atoms with Crippen LogP contribution in [0.4, 0.5) is 0 Å². The van der Waals surface area contributed by atoms with Gasteiger partial charge in [0.1, 0.15) is 0 Å². The van der Waals surface area contributed by atoms with Gasteiger partial charge >= 0.3 is 23.2 Å². The quantitative estimate of drug-likeness (QED) is 0.483. The standard InChI is InChI=1S/C20H12N4O4/c25-17-22-19-23(12-16(28-19)14-9-5-2-6-10-14)20(26)24(17)18-21-11-15(27-18)13-7-3-1-4-8-13/h1-12H. The van der Waals surface area contributed by atoms with Crippen molar-refractivity contribution in [1.29, 1.82) is 0 Å². The first-order valence-electron chi connectivity index (χ1n) is 8.43. The summed E-state index contributed by atoms with van der Waals surface area (Å²) in [4.78, 5) is 33.2. The first-order valence-corrected chi connectivity index (χ1v) is 8.43. The summed E-state index contributed by atoms with van der Waals surface area (Å²) in [7, 11) is 0. The van der Waals surface area contributed by atoms with Crippen LogP contribution in [0.3, 0.4) is 0 Å². The maximum absolute atomic E-state index is 12.9. The molecule has 0 aliphatic heterocycles. The second kappa shape index (κ2) is 6.20. The molecule has 28 heavy (non-hydrogen) atoms. The summed E-state index contributed by atoms with van der Waals surface area (Å²) in [5.74, 6) is 0.754. The molecule has 5 aromatic rings. The molecule has 0 aliphatic carbocycles. The molecule has 8 nitrogen and oxygen atoms in total. The summed E-state index contributed by atoms with van der Waals surface area (Å²) in [5.41, 5.74) is 0.0230. The van der Waals surface area contributed by atoms with E-state index >= 15 is 0 Å². The van der Waals surface area contributed by atoms with E-state index in [1.165, 1.54) is 12.4 Å². The van der Waals surface area contributed by atoms with Crippen molar-refractivity contribution in [2.24, 2.45) is 0 Å². The normalized spacial score (nSPS) is 11.1. The van der Waals surface area contributed by atoms with Gasteiger partial charge in [0, 0.05) is 11.1 Å². The lowest BCUT2D eigenvalue weighted by atomic mass is 10.2. The molecule has 2 aromatic carbocycles. The van der Waals surface area contributed by atoms with Gasteiger partial charge in [-0.05, 0) is 0 Å². The molecule has 0 N–H and O–H groups in total. The Bertz CT molecular complexity index is 1400. The maximum atomic E-state index is 12.9. The van der Waals surface area contributed by atoms with Crippen LogP contribution in [0.25, 0.3) is 34.5 Å². The molecule has 136 valence electrons. The highest BCUT2D eigenvalue weighted by molar-refractivity contribution is 5.58. The second-order valence-corrected chi connectivity index (χ2v) is 6.00. The lowest BCUT2D eigenvalue weighted by Gasteiger charge is -1.98. The van der Waals surface area contributed by atoms with Gasteiger partial charge in [-0.15, -0.1) is 4.98 Å². The van der Waals surface area contributed by atoms with Gasteiger partial charge in [-0.25, -0.2) is 19.0 Å². The predicted octanol–water partition coefficient (Wildman–Crippen LogP) is 2.76. The summed E-state index contributed by atoms with van der Waals surface area (Å²) in [6.45, 7) is 0. The van der Waals surface area contributed by atoms with Gasteiger partial charge in [-0.1, -0.05) is 60.7 Å². The Labute approximate surface area is 157 Å². The topological polar surface area (TPSA) is 95.5 Å². The number of hydrogen-bond donors (Lipinski definition) is 0. The first-order chi connectivity index (χ1) is 13.7. The highest BCUT2D eigenvalue weighted by Gasteiger charge is 2.18. The number of hydrogen-bond acceptors (Lipinski definition) is 6. The molecule has 0 aliphatic rings. The summed E-state index contributed by atoms with van der Waals surface area (Å²) in [6.07, 6.45) is 2.94. The summed E-state index contributed by atoms with van der Waals surface area (Å²) in [6, 6.07) is 18.3. The minimum atomic E-state index is -0.833. The summed E-state index contributed by atoms with van der Waals surface area (Å²) in [5, 5.41) is 0. The van der Waals surface area contributed by atoms with E-state index in [9.17, 15) is 9.59 Å². The lowest BCUT2D eigenvalue weighted by molar-refractivity contribution is 0.513. The van der Waals surface area contributed by atoms with E-state index in [0.29, 0.717) is 11.5 Å². The molecule has 0 atom stereocenters. The molecule has 3 aromatic heterocycles. The average molecular weight is 372 g/mol. The van der Waals surface area contributed by atoms with Crippen LogP contribution < -0.4 is 11.4 Å². The van der Waals surface area contributed by atoms with Crippen LogP contribution in [0.1, 0.15) is 0 Å². The molecule has 0 fully saturated rings. The van der Waals surface area contributed by atoms with E-state index in [2.05, 4.69) is 9.97 Å². The molecule has 0 spiro atoms. The largest absolute Gasteiger partial charge is 0.423 e. The van der Waals surface area contributed by atoms with Gasteiger partial charge in [0.05, 0.1) is 12.4 Å². The monoisotopic (exact) mass is 372 g/mol. The maximum Gasteiger partial charge on any atom is 0.364 e. The summed E-state index contributed by atoms with van der Waals surface area (Å²) >= 11 is 0. The summed E-state index contributed by atoms with van der Waals surface area (Å²) < 4.78 is 13.1. The smallest absolute Gasteiger partial charge is 0.364 e. The molecular formula is C20H12N4O4. The Morgan fingerprint density at radius 2 is 1.43 bits per heavy atom. The minimum Gasteiger partial charge on any atom is -0.423 e. The van der Waals surface area contributed by atoms with Gasteiger partial charge in [-0.3, -0.25) is 0 Å².